The van der Waals surface area contributed by atoms with Crippen molar-refractivity contribution in [3.05, 3.63) is 46.9 Å². The Kier molecular flexibility index (Phi) is 3.56. The molecule has 4 nitrogen and oxygen atoms in total. The normalized spacial score (nSPS) is 16.8. The molecule has 1 aromatic carbocycles. The average molecular weight is 300 g/mol. The number of hydrogen-bond donors (Lipinski definition) is 1. The zero-order chi connectivity index (χ0) is 15.9. The smallest absolute Gasteiger partial charge is 0.267 e. The highest BCUT2D eigenvalue weighted by Crippen LogP contribution is 2.36. The number of aryl methyl sites for hydroxylation is 1. The molecule has 1 aliphatic heterocycles. The second kappa shape index (κ2) is 5.40. The number of aromatic nitrogens is 1. The Balaban J connectivity index is 2.23. The molecule has 0 saturated carbocycles. The summed E-state index contributed by atoms with van der Waals surface area (Å²) >= 11 is 0. The molecule has 0 spiro atoms. The monoisotopic (exact) mass is 300 g/mol. The van der Waals surface area contributed by atoms with Gasteiger partial charge in [-0.3, -0.25) is 4.79 Å². The fourth-order valence-electron chi connectivity index (χ4n) is 2.69. The van der Waals surface area contributed by atoms with Crippen LogP contribution in [0.3, 0.4) is 0 Å². The van der Waals surface area contributed by atoms with Crippen LogP contribution in [0.4, 0.5) is 4.39 Å². The average Bonchev–Trinajstić information content (AvgIpc) is 2.45. The molecule has 2 heterocycles. The molecule has 0 bridgehead atoms. The van der Waals surface area contributed by atoms with E-state index in [1.165, 1.54) is 6.07 Å². The number of benzene rings is 1. The van der Waals surface area contributed by atoms with Crippen LogP contribution in [0.5, 0.6) is 5.88 Å². The van der Waals surface area contributed by atoms with Gasteiger partial charge in [0, 0.05) is 11.1 Å². The Hall–Kier alpha value is -2.43. The lowest BCUT2D eigenvalue weighted by Crippen LogP contribution is -2.23. The first kappa shape index (κ1) is 14.5. The molecule has 0 fully saturated rings. The molecule has 2 N–H and O–H groups in total. The van der Waals surface area contributed by atoms with Crippen molar-refractivity contribution in [3.8, 4) is 17.0 Å². The van der Waals surface area contributed by atoms with Gasteiger partial charge in [-0.25, -0.2) is 9.37 Å². The molecule has 0 radical (unpaired) electrons. The summed E-state index contributed by atoms with van der Waals surface area (Å²) in [6.07, 6.45) is 1.56. The lowest BCUT2D eigenvalue weighted by molar-refractivity contribution is 0.0992. The number of hydrogen-bond acceptors (Lipinski definition) is 3. The second-order valence-electron chi connectivity index (χ2n) is 5.65. The van der Waals surface area contributed by atoms with E-state index in [9.17, 15) is 9.18 Å². The highest BCUT2D eigenvalue weighted by molar-refractivity contribution is 5.93. The number of nitrogens with zero attached hydrogens (tertiary/aromatic N) is 1. The maximum absolute atomic E-state index is 14.3. The van der Waals surface area contributed by atoms with Gasteiger partial charge >= 0.3 is 0 Å². The van der Waals surface area contributed by atoms with Gasteiger partial charge in [0.1, 0.15) is 11.5 Å². The first-order valence-electron chi connectivity index (χ1n) is 7.22. The van der Waals surface area contributed by atoms with E-state index >= 15 is 0 Å². The van der Waals surface area contributed by atoms with E-state index in [4.69, 9.17) is 10.5 Å². The number of nitrogens with two attached hydrogens (primary N) is 1. The molecular weight excluding hydrogens is 283 g/mol. The van der Waals surface area contributed by atoms with E-state index in [0.717, 1.165) is 24.0 Å². The number of ether oxygens (including phenoxy) is 1. The highest BCUT2D eigenvalue weighted by atomic mass is 19.1. The van der Waals surface area contributed by atoms with E-state index in [1.807, 2.05) is 19.9 Å². The molecule has 1 amide bonds. The van der Waals surface area contributed by atoms with Crippen LogP contribution in [0.25, 0.3) is 11.1 Å². The summed E-state index contributed by atoms with van der Waals surface area (Å²) in [5.41, 5.74) is 8.15. The van der Waals surface area contributed by atoms with Gasteiger partial charge in [-0.2, -0.15) is 0 Å². The molecule has 0 unspecified atom stereocenters. The molecule has 1 aromatic heterocycles. The Labute approximate surface area is 128 Å². The van der Waals surface area contributed by atoms with Gasteiger partial charge in [-0.15, -0.1) is 0 Å². The van der Waals surface area contributed by atoms with Crippen molar-refractivity contribution in [1.29, 1.82) is 0 Å². The summed E-state index contributed by atoms with van der Waals surface area (Å²) in [6.45, 7) is 3.77. The fourth-order valence-corrected chi connectivity index (χ4v) is 2.69. The third kappa shape index (κ3) is 2.54. The minimum atomic E-state index is -0.654. The number of carbonyl (C=O) groups is 1. The number of pyridine rings is 1. The van der Waals surface area contributed by atoms with Crippen LogP contribution >= 0.6 is 0 Å². The summed E-state index contributed by atoms with van der Waals surface area (Å²) < 4.78 is 20.0. The van der Waals surface area contributed by atoms with E-state index in [1.54, 1.807) is 12.1 Å². The summed E-state index contributed by atoms with van der Waals surface area (Å²) in [4.78, 5) is 15.7. The topological polar surface area (TPSA) is 65.2 Å². The Morgan fingerprint density at radius 2 is 2.14 bits per heavy atom. The van der Waals surface area contributed by atoms with Gasteiger partial charge in [0.15, 0.2) is 0 Å². The van der Waals surface area contributed by atoms with Crippen molar-refractivity contribution in [2.45, 2.75) is 32.8 Å². The highest BCUT2D eigenvalue weighted by Gasteiger charge is 2.24. The summed E-state index contributed by atoms with van der Waals surface area (Å²) in [5, 5.41) is 0. The zero-order valence-electron chi connectivity index (χ0n) is 12.5. The first-order valence-corrected chi connectivity index (χ1v) is 7.22. The third-order valence-corrected chi connectivity index (χ3v) is 3.87. The quantitative estimate of drug-likeness (QED) is 0.927. The zero-order valence-corrected chi connectivity index (χ0v) is 12.5. The van der Waals surface area contributed by atoms with Crippen LogP contribution in [0.1, 0.15) is 35.0 Å². The number of fused-ring (bicyclic) bond motifs is 1. The molecule has 22 heavy (non-hydrogen) atoms. The van der Waals surface area contributed by atoms with Crippen LogP contribution in [0, 0.1) is 12.7 Å². The standard InChI is InChI=1S/C17H17FN2O2/c1-9-3-5-11(14(18)7-9)13-8-15(16(19)21)20-17-12(13)6-4-10(2)22-17/h3,5,7-8,10H,4,6H2,1-2H3,(H2,19,21)/t10-/m1/s1. The predicted molar refractivity (Wildman–Crippen MR) is 81.3 cm³/mol. The van der Waals surface area contributed by atoms with E-state index in [2.05, 4.69) is 4.98 Å². The summed E-state index contributed by atoms with van der Waals surface area (Å²) in [7, 11) is 0. The van der Waals surface area contributed by atoms with Crippen molar-refractivity contribution < 1.29 is 13.9 Å². The van der Waals surface area contributed by atoms with Crippen LogP contribution in [-0.2, 0) is 6.42 Å². The molecule has 5 heteroatoms. The Morgan fingerprint density at radius 1 is 1.36 bits per heavy atom. The van der Waals surface area contributed by atoms with E-state index in [-0.39, 0.29) is 17.6 Å². The molecular formula is C17H17FN2O2. The molecule has 2 aromatic rings. The first-order chi connectivity index (χ1) is 10.5. The van der Waals surface area contributed by atoms with Crippen LogP contribution < -0.4 is 10.5 Å². The van der Waals surface area contributed by atoms with Gasteiger partial charge in [0.2, 0.25) is 5.88 Å². The van der Waals surface area contributed by atoms with Crippen LogP contribution in [0.15, 0.2) is 24.3 Å². The van der Waals surface area contributed by atoms with E-state index < -0.39 is 5.91 Å². The molecule has 0 aliphatic carbocycles. The van der Waals surface area contributed by atoms with Crippen molar-refractivity contribution in [2.75, 3.05) is 0 Å². The lowest BCUT2D eigenvalue weighted by atomic mass is 9.93. The molecule has 114 valence electrons. The summed E-state index contributed by atoms with van der Waals surface area (Å²) in [5.74, 6) is -0.606. The van der Waals surface area contributed by atoms with E-state index in [0.29, 0.717) is 17.0 Å². The predicted octanol–water partition coefficient (Wildman–Crippen LogP) is 3.01. The van der Waals surface area contributed by atoms with Crippen molar-refractivity contribution in [1.82, 2.24) is 4.98 Å². The van der Waals surface area contributed by atoms with Crippen LogP contribution in [-0.4, -0.2) is 17.0 Å². The number of carbonyl (C=O) groups excluding carboxylic acids is 1. The number of halogens is 1. The Bertz CT molecular complexity index is 759. The maximum Gasteiger partial charge on any atom is 0.267 e. The van der Waals surface area contributed by atoms with Gasteiger partial charge in [-0.05, 0) is 49.9 Å². The van der Waals surface area contributed by atoms with Gasteiger partial charge in [0.05, 0.1) is 6.10 Å². The number of amides is 1. The largest absolute Gasteiger partial charge is 0.474 e. The molecule has 3 rings (SSSR count). The molecule has 1 atom stereocenters. The number of primary amides is 1. The minimum absolute atomic E-state index is 0.0128. The molecule has 0 saturated heterocycles. The van der Waals surface area contributed by atoms with Crippen molar-refractivity contribution in [2.24, 2.45) is 5.73 Å². The van der Waals surface area contributed by atoms with Crippen molar-refractivity contribution in [3.63, 3.8) is 0 Å². The lowest BCUT2D eigenvalue weighted by Gasteiger charge is -2.25. The van der Waals surface area contributed by atoms with Crippen molar-refractivity contribution >= 4 is 5.91 Å². The number of rotatable bonds is 2. The maximum atomic E-state index is 14.3. The van der Waals surface area contributed by atoms with Crippen LogP contribution in [0.2, 0.25) is 0 Å². The minimum Gasteiger partial charge on any atom is -0.474 e. The Morgan fingerprint density at radius 3 is 2.82 bits per heavy atom. The van der Waals surface area contributed by atoms with Gasteiger partial charge in [-0.1, -0.05) is 12.1 Å². The third-order valence-electron chi connectivity index (χ3n) is 3.87. The van der Waals surface area contributed by atoms with Gasteiger partial charge < -0.3 is 10.5 Å². The summed E-state index contributed by atoms with van der Waals surface area (Å²) in [6, 6.07) is 6.57. The SMILES string of the molecule is Cc1ccc(-c2cc(C(N)=O)nc3c2CC[C@@H](C)O3)c(F)c1. The second-order valence-corrected chi connectivity index (χ2v) is 5.65. The fraction of sp³-hybridized carbons (Fsp3) is 0.294. The molecule has 1 aliphatic rings. The van der Waals surface area contributed by atoms with Gasteiger partial charge in [0.25, 0.3) is 5.91 Å².